The van der Waals surface area contributed by atoms with Crippen LogP contribution in [-0.2, 0) is 11.3 Å². The molecular formula is C19H21NO3. The number of hydrogen-bond acceptors (Lipinski definition) is 3. The molecule has 0 fully saturated rings. The number of rotatable bonds is 6. The van der Waals surface area contributed by atoms with Crippen LogP contribution in [0.25, 0.3) is 6.08 Å². The van der Waals surface area contributed by atoms with E-state index in [2.05, 4.69) is 5.32 Å². The number of benzene rings is 2. The van der Waals surface area contributed by atoms with Crippen LogP contribution in [0.3, 0.4) is 0 Å². The summed E-state index contributed by atoms with van der Waals surface area (Å²) in [6, 6.07) is 13.6. The maximum absolute atomic E-state index is 11.9. The molecule has 23 heavy (non-hydrogen) atoms. The number of ether oxygens (including phenoxy) is 2. The second-order valence-electron chi connectivity index (χ2n) is 5.11. The lowest BCUT2D eigenvalue weighted by atomic mass is 10.1. The molecule has 0 radical (unpaired) electrons. The number of amides is 1. The lowest BCUT2D eigenvalue weighted by Crippen LogP contribution is -2.20. The second kappa shape index (κ2) is 8.03. The molecule has 0 saturated carbocycles. The molecule has 0 saturated heterocycles. The number of carbonyl (C=O) groups excluding carboxylic acids is 1. The van der Waals surface area contributed by atoms with Gasteiger partial charge in [-0.15, -0.1) is 0 Å². The molecular weight excluding hydrogens is 290 g/mol. The molecule has 0 atom stereocenters. The van der Waals surface area contributed by atoms with Gasteiger partial charge < -0.3 is 14.8 Å². The van der Waals surface area contributed by atoms with Crippen molar-refractivity contribution in [1.29, 1.82) is 0 Å². The van der Waals surface area contributed by atoms with Crippen LogP contribution in [0, 0.1) is 6.92 Å². The van der Waals surface area contributed by atoms with Crippen LogP contribution in [0.1, 0.15) is 16.7 Å². The van der Waals surface area contributed by atoms with Crippen molar-refractivity contribution in [2.45, 2.75) is 13.5 Å². The Kier molecular flexibility index (Phi) is 5.80. The molecule has 1 amide bonds. The zero-order valence-corrected chi connectivity index (χ0v) is 13.6. The highest BCUT2D eigenvalue weighted by molar-refractivity contribution is 5.91. The van der Waals surface area contributed by atoms with Crippen molar-refractivity contribution in [1.82, 2.24) is 5.32 Å². The SMILES string of the molecule is COc1cccc(CNC(=O)/C=C/c2ccc(C)cc2)c1OC. The minimum atomic E-state index is -0.157. The molecule has 1 N–H and O–H groups in total. The summed E-state index contributed by atoms with van der Waals surface area (Å²) >= 11 is 0. The fourth-order valence-electron chi connectivity index (χ4n) is 2.18. The smallest absolute Gasteiger partial charge is 0.244 e. The molecule has 0 aliphatic heterocycles. The van der Waals surface area contributed by atoms with Crippen molar-refractivity contribution in [2.75, 3.05) is 14.2 Å². The summed E-state index contributed by atoms with van der Waals surface area (Å²) in [7, 11) is 3.17. The third-order valence-electron chi connectivity index (χ3n) is 3.44. The maximum Gasteiger partial charge on any atom is 0.244 e. The number of para-hydroxylation sites is 1. The number of nitrogens with one attached hydrogen (secondary N) is 1. The molecule has 0 aliphatic carbocycles. The monoisotopic (exact) mass is 311 g/mol. The van der Waals surface area contributed by atoms with Crippen molar-refractivity contribution >= 4 is 12.0 Å². The van der Waals surface area contributed by atoms with Crippen LogP contribution in [0.4, 0.5) is 0 Å². The molecule has 0 aromatic heterocycles. The van der Waals surface area contributed by atoms with Crippen LogP contribution in [0.5, 0.6) is 11.5 Å². The van der Waals surface area contributed by atoms with Gasteiger partial charge in [-0.25, -0.2) is 0 Å². The molecule has 4 nitrogen and oxygen atoms in total. The van der Waals surface area contributed by atoms with Gasteiger partial charge in [0.15, 0.2) is 11.5 Å². The number of carbonyl (C=O) groups is 1. The summed E-state index contributed by atoms with van der Waals surface area (Å²) in [5.74, 6) is 1.13. The van der Waals surface area contributed by atoms with Crippen LogP contribution in [-0.4, -0.2) is 20.1 Å². The van der Waals surface area contributed by atoms with E-state index in [1.54, 1.807) is 20.3 Å². The van der Waals surface area contributed by atoms with Crippen molar-refractivity contribution in [3.63, 3.8) is 0 Å². The van der Waals surface area contributed by atoms with Gasteiger partial charge in [0, 0.05) is 18.2 Å². The molecule has 0 bridgehead atoms. The van der Waals surface area contributed by atoms with Crippen LogP contribution < -0.4 is 14.8 Å². The zero-order chi connectivity index (χ0) is 16.7. The van der Waals surface area contributed by atoms with Crippen LogP contribution in [0.15, 0.2) is 48.5 Å². The van der Waals surface area contributed by atoms with Gasteiger partial charge in [0.25, 0.3) is 0 Å². The van der Waals surface area contributed by atoms with Gasteiger partial charge in [-0.05, 0) is 24.6 Å². The molecule has 0 spiro atoms. The average Bonchev–Trinajstić information content (AvgIpc) is 2.58. The van der Waals surface area contributed by atoms with Crippen molar-refractivity contribution in [3.05, 3.63) is 65.2 Å². The number of methoxy groups -OCH3 is 2. The van der Waals surface area contributed by atoms with Gasteiger partial charge >= 0.3 is 0 Å². The Morgan fingerprint density at radius 1 is 1.09 bits per heavy atom. The van der Waals surface area contributed by atoms with Gasteiger partial charge in [0.1, 0.15) is 0 Å². The first-order chi connectivity index (χ1) is 11.1. The maximum atomic E-state index is 11.9. The number of aryl methyl sites for hydroxylation is 1. The van der Waals surface area contributed by atoms with Gasteiger partial charge in [-0.3, -0.25) is 4.79 Å². The molecule has 2 rings (SSSR count). The Morgan fingerprint density at radius 3 is 2.48 bits per heavy atom. The van der Waals surface area contributed by atoms with E-state index in [1.165, 1.54) is 11.6 Å². The molecule has 2 aromatic rings. The second-order valence-corrected chi connectivity index (χ2v) is 5.11. The fourth-order valence-corrected chi connectivity index (χ4v) is 2.18. The Balaban J connectivity index is 1.98. The minimum Gasteiger partial charge on any atom is -0.493 e. The van der Waals surface area contributed by atoms with E-state index in [9.17, 15) is 4.79 Å². The molecule has 120 valence electrons. The Morgan fingerprint density at radius 2 is 1.83 bits per heavy atom. The minimum absolute atomic E-state index is 0.157. The Labute approximate surface area is 136 Å². The predicted molar refractivity (Wildman–Crippen MR) is 91.6 cm³/mol. The van der Waals surface area contributed by atoms with Gasteiger partial charge in [-0.2, -0.15) is 0 Å². The summed E-state index contributed by atoms with van der Waals surface area (Å²) in [6.07, 6.45) is 3.31. The van der Waals surface area contributed by atoms with E-state index in [-0.39, 0.29) is 5.91 Å². The van der Waals surface area contributed by atoms with E-state index in [0.29, 0.717) is 18.0 Å². The van der Waals surface area contributed by atoms with E-state index in [0.717, 1.165) is 11.1 Å². The van der Waals surface area contributed by atoms with E-state index in [1.807, 2.05) is 49.4 Å². The first kappa shape index (κ1) is 16.6. The van der Waals surface area contributed by atoms with Crippen molar-refractivity contribution < 1.29 is 14.3 Å². The molecule has 2 aromatic carbocycles. The van der Waals surface area contributed by atoms with Crippen LogP contribution >= 0.6 is 0 Å². The number of hydrogen-bond donors (Lipinski definition) is 1. The summed E-state index contributed by atoms with van der Waals surface area (Å²) < 4.78 is 10.6. The zero-order valence-electron chi connectivity index (χ0n) is 13.6. The summed E-state index contributed by atoms with van der Waals surface area (Å²) in [4.78, 5) is 11.9. The van der Waals surface area contributed by atoms with Gasteiger partial charge in [-0.1, -0.05) is 42.0 Å². The first-order valence-electron chi connectivity index (χ1n) is 7.36. The van der Waals surface area contributed by atoms with Gasteiger partial charge in [0.2, 0.25) is 5.91 Å². The van der Waals surface area contributed by atoms with E-state index >= 15 is 0 Å². The topological polar surface area (TPSA) is 47.6 Å². The van der Waals surface area contributed by atoms with Crippen molar-refractivity contribution in [2.24, 2.45) is 0 Å². The molecule has 4 heteroatoms. The largest absolute Gasteiger partial charge is 0.493 e. The highest BCUT2D eigenvalue weighted by Crippen LogP contribution is 2.30. The highest BCUT2D eigenvalue weighted by Gasteiger charge is 2.09. The highest BCUT2D eigenvalue weighted by atomic mass is 16.5. The molecule has 0 heterocycles. The Bertz CT molecular complexity index is 690. The lowest BCUT2D eigenvalue weighted by molar-refractivity contribution is -0.116. The standard InChI is InChI=1S/C19H21NO3/c1-14-7-9-15(10-8-14)11-12-18(21)20-13-16-5-4-6-17(22-2)19(16)23-3/h4-12H,13H2,1-3H3,(H,20,21)/b12-11+. The fraction of sp³-hybridized carbons (Fsp3) is 0.211. The first-order valence-corrected chi connectivity index (χ1v) is 7.36. The molecule has 0 unspecified atom stereocenters. The third-order valence-corrected chi connectivity index (χ3v) is 3.44. The summed E-state index contributed by atoms with van der Waals surface area (Å²) in [6.45, 7) is 2.40. The summed E-state index contributed by atoms with van der Waals surface area (Å²) in [5, 5.41) is 2.85. The summed E-state index contributed by atoms with van der Waals surface area (Å²) in [5.41, 5.74) is 3.05. The van der Waals surface area contributed by atoms with E-state index in [4.69, 9.17) is 9.47 Å². The average molecular weight is 311 g/mol. The van der Waals surface area contributed by atoms with Crippen molar-refractivity contribution in [3.8, 4) is 11.5 Å². The normalized spacial score (nSPS) is 10.6. The quantitative estimate of drug-likeness (QED) is 0.832. The predicted octanol–water partition coefficient (Wildman–Crippen LogP) is 3.34. The third kappa shape index (κ3) is 4.61. The Hall–Kier alpha value is -2.75. The van der Waals surface area contributed by atoms with E-state index < -0.39 is 0 Å². The van der Waals surface area contributed by atoms with Gasteiger partial charge in [0.05, 0.1) is 14.2 Å². The van der Waals surface area contributed by atoms with Crippen LogP contribution in [0.2, 0.25) is 0 Å². The molecule has 0 aliphatic rings. The lowest BCUT2D eigenvalue weighted by Gasteiger charge is -2.12.